The largest absolute Gasteiger partial charge is 1.00 e. The number of unbranched alkanes of at least 4 members (excludes halogenated alkanes) is 3. The summed E-state index contributed by atoms with van der Waals surface area (Å²) in [5, 5.41) is 1.25. The molecule has 2 heterocycles. The van der Waals surface area contributed by atoms with Crippen LogP contribution >= 0.6 is 0 Å². The number of nitrogens with one attached hydrogen (secondary N) is 1. The van der Waals surface area contributed by atoms with E-state index < -0.39 is 0 Å². The number of nitrogens with zero attached hydrogens (tertiary/aromatic N) is 1. The van der Waals surface area contributed by atoms with Crippen molar-refractivity contribution in [2.45, 2.75) is 45.1 Å². The summed E-state index contributed by atoms with van der Waals surface area (Å²) in [6.45, 7) is 9.54. The normalized spacial score (nSPS) is 11.0. The molecule has 0 aliphatic heterocycles. The number of aromatic nitrogens is 2. The van der Waals surface area contributed by atoms with E-state index in [4.69, 9.17) is 9.47 Å². The number of aryl methyl sites for hydroxylation is 1. The maximum atomic E-state index is 6.34. The summed E-state index contributed by atoms with van der Waals surface area (Å²) in [6, 6.07) is 25.5. The first-order valence-corrected chi connectivity index (χ1v) is 15.6. The lowest BCUT2D eigenvalue weighted by atomic mass is 9.97. The summed E-state index contributed by atoms with van der Waals surface area (Å²) in [5.41, 5.74) is 8.15. The second-order valence-electron chi connectivity index (χ2n) is 11.1. The molecule has 232 valence electrons. The van der Waals surface area contributed by atoms with Crippen LogP contribution in [0.3, 0.4) is 0 Å². The molecule has 4 nitrogen and oxygen atoms in total. The Kier molecular flexibility index (Phi) is 12.8. The van der Waals surface area contributed by atoms with Gasteiger partial charge in [0, 0.05) is 41.2 Å². The highest BCUT2D eigenvalue weighted by atomic mass is 79.9. The third-order valence-corrected chi connectivity index (χ3v) is 7.94. The minimum absolute atomic E-state index is 0. The van der Waals surface area contributed by atoms with Gasteiger partial charge in [-0.15, -0.1) is 13.2 Å². The third-order valence-electron chi connectivity index (χ3n) is 7.94. The number of ether oxygens (including phenoxy) is 2. The van der Waals surface area contributed by atoms with Gasteiger partial charge < -0.3 is 31.4 Å². The number of para-hydroxylation sites is 1. The molecule has 5 rings (SSSR count). The Morgan fingerprint density at radius 2 is 1.58 bits per heavy atom. The van der Waals surface area contributed by atoms with Crippen LogP contribution in [0.4, 0.5) is 0 Å². The van der Waals surface area contributed by atoms with Crippen molar-refractivity contribution in [1.82, 2.24) is 4.98 Å². The zero-order valence-corrected chi connectivity index (χ0v) is 27.8. The predicted octanol–water partition coefficient (Wildman–Crippen LogP) is 6.40. The molecule has 1 N–H and O–H groups in total. The maximum Gasteiger partial charge on any atom is 0.169 e. The van der Waals surface area contributed by atoms with Gasteiger partial charge in [0.2, 0.25) is 0 Å². The molecule has 0 unspecified atom stereocenters. The minimum Gasteiger partial charge on any atom is -1.00 e. The highest BCUT2D eigenvalue weighted by molar-refractivity contribution is 5.91. The molecule has 5 heteroatoms. The van der Waals surface area contributed by atoms with E-state index in [2.05, 4.69) is 120 Å². The van der Waals surface area contributed by atoms with Gasteiger partial charge in [-0.2, -0.15) is 0 Å². The lowest BCUT2D eigenvalue weighted by Gasteiger charge is -2.15. The van der Waals surface area contributed by atoms with Crippen LogP contribution in [-0.2, 0) is 19.4 Å². The minimum atomic E-state index is 0. The number of hydrogen-bond donors (Lipinski definition) is 1. The molecule has 0 atom stereocenters. The van der Waals surface area contributed by atoms with Crippen molar-refractivity contribution in [2.75, 3.05) is 13.7 Å². The fourth-order valence-corrected chi connectivity index (χ4v) is 5.56. The van der Waals surface area contributed by atoms with Gasteiger partial charge in [-0.3, -0.25) is 0 Å². The molecule has 0 fully saturated rings. The van der Waals surface area contributed by atoms with Crippen LogP contribution in [0, 0.1) is 0 Å². The molecule has 0 aliphatic rings. The fourth-order valence-electron chi connectivity index (χ4n) is 5.56. The zero-order chi connectivity index (χ0) is 30.6. The van der Waals surface area contributed by atoms with Crippen molar-refractivity contribution in [1.29, 1.82) is 0 Å². The summed E-state index contributed by atoms with van der Waals surface area (Å²) in [6.07, 6.45) is 20.7. The van der Waals surface area contributed by atoms with E-state index >= 15 is 0 Å². The van der Waals surface area contributed by atoms with Gasteiger partial charge in [-0.1, -0.05) is 54.6 Å². The van der Waals surface area contributed by atoms with Crippen LogP contribution in [0.15, 0.2) is 117 Å². The summed E-state index contributed by atoms with van der Waals surface area (Å²) >= 11 is 0. The molecule has 3 aromatic carbocycles. The first-order valence-electron chi connectivity index (χ1n) is 15.6. The smallest absolute Gasteiger partial charge is 0.169 e. The van der Waals surface area contributed by atoms with Gasteiger partial charge in [0.1, 0.15) is 18.0 Å². The molecule has 0 saturated heterocycles. The van der Waals surface area contributed by atoms with Gasteiger partial charge in [-0.05, 0) is 90.3 Å². The maximum absolute atomic E-state index is 6.34. The van der Waals surface area contributed by atoms with Gasteiger partial charge in [0.25, 0.3) is 0 Å². The topological polar surface area (TPSA) is 38.1 Å². The Balaban J connectivity index is 0.00000461. The Hall–Kier alpha value is -4.35. The lowest BCUT2D eigenvalue weighted by molar-refractivity contribution is -0.697. The summed E-state index contributed by atoms with van der Waals surface area (Å²) in [7, 11) is 1.71. The van der Waals surface area contributed by atoms with Crippen molar-refractivity contribution < 1.29 is 31.0 Å². The molecule has 5 aromatic rings. The van der Waals surface area contributed by atoms with Crippen molar-refractivity contribution in [3.63, 3.8) is 0 Å². The van der Waals surface area contributed by atoms with Crippen molar-refractivity contribution >= 4 is 23.1 Å². The number of fused-ring (bicyclic) bond motifs is 1. The quantitative estimate of drug-likeness (QED) is 0.0754. The first-order chi connectivity index (χ1) is 21.7. The number of benzene rings is 3. The predicted molar refractivity (Wildman–Crippen MR) is 184 cm³/mol. The number of hydrogen-bond acceptors (Lipinski definition) is 2. The van der Waals surface area contributed by atoms with E-state index in [0.29, 0.717) is 6.61 Å². The van der Waals surface area contributed by atoms with Gasteiger partial charge >= 0.3 is 0 Å². The highest BCUT2D eigenvalue weighted by Crippen LogP contribution is 2.34. The Morgan fingerprint density at radius 3 is 2.38 bits per heavy atom. The van der Waals surface area contributed by atoms with Crippen LogP contribution in [0.2, 0.25) is 0 Å². The SMILES string of the molecule is C=CCc1ccc(OCCCCCC[n+]2ccc(/C=C/c3c[nH]c4ccccc34)cc2)c(-c2ccc(OC)c(CC=C)c2)c1.[Br-]. The molecule has 2 aromatic heterocycles. The summed E-state index contributed by atoms with van der Waals surface area (Å²) < 4.78 is 14.2. The standard InChI is InChI=1S/C40H42N2O2.BrH/c1-4-12-32-17-20-40(37(28-32)33-19-21-39(43-3)34(29-33)13-5-2)44-27-11-7-6-10-24-42-25-22-31(23-26-42)16-18-35-30-41-38-15-9-8-14-36(35)38;/h4-5,8-9,14-23,25-26,28-30H,1-2,6-7,10-13,24,27H2,3H3;1H. The third kappa shape index (κ3) is 9.09. The molecule has 0 radical (unpaired) electrons. The zero-order valence-electron chi connectivity index (χ0n) is 26.2. The van der Waals surface area contributed by atoms with E-state index in [1.165, 1.54) is 34.0 Å². The van der Waals surface area contributed by atoms with E-state index in [1.54, 1.807) is 7.11 Å². The number of aromatic amines is 1. The van der Waals surface area contributed by atoms with Gasteiger partial charge in [-0.25, -0.2) is 4.57 Å². The van der Waals surface area contributed by atoms with E-state index in [1.807, 2.05) is 18.2 Å². The van der Waals surface area contributed by atoms with Crippen LogP contribution in [0.5, 0.6) is 11.5 Å². The van der Waals surface area contributed by atoms with Crippen LogP contribution in [0.1, 0.15) is 47.9 Å². The Labute approximate surface area is 278 Å². The van der Waals surface area contributed by atoms with E-state index in [9.17, 15) is 0 Å². The van der Waals surface area contributed by atoms with Crippen molar-refractivity contribution in [3.05, 3.63) is 139 Å². The van der Waals surface area contributed by atoms with Gasteiger partial charge in [0.05, 0.1) is 13.7 Å². The van der Waals surface area contributed by atoms with Gasteiger partial charge in [0.15, 0.2) is 12.4 Å². The number of H-pyrrole nitrogens is 1. The molecule has 0 bridgehead atoms. The number of halogens is 1. The molecule has 0 spiro atoms. The van der Waals surface area contributed by atoms with Crippen LogP contribution in [0.25, 0.3) is 34.2 Å². The average Bonchev–Trinajstić information content (AvgIpc) is 3.47. The molecule has 0 aliphatic carbocycles. The first kappa shape index (κ1) is 33.5. The molecule has 45 heavy (non-hydrogen) atoms. The van der Waals surface area contributed by atoms with Crippen LogP contribution in [-0.4, -0.2) is 18.7 Å². The van der Waals surface area contributed by atoms with E-state index in [0.717, 1.165) is 66.8 Å². The number of methoxy groups -OCH3 is 1. The van der Waals surface area contributed by atoms with Crippen molar-refractivity contribution in [2.24, 2.45) is 0 Å². The number of allylic oxidation sites excluding steroid dienone is 2. The Morgan fingerprint density at radius 1 is 0.800 bits per heavy atom. The fraction of sp³-hybridized carbons (Fsp3) is 0.225. The molecular formula is C40H43BrN2O2. The van der Waals surface area contributed by atoms with E-state index in [-0.39, 0.29) is 17.0 Å². The molecule has 0 saturated carbocycles. The number of rotatable bonds is 16. The Bertz CT molecular complexity index is 1720. The second kappa shape index (κ2) is 17.2. The lowest BCUT2D eigenvalue weighted by Crippen LogP contribution is -3.00. The number of pyridine rings is 1. The second-order valence-corrected chi connectivity index (χ2v) is 11.1. The highest BCUT2D eigenvalue weighted by Gasteiger charge is 2.11. The van der Waals surface area contributed by atoms with Crippen LogP contribution < -0.4 is 31.0 Å². The summed E-state index contributed by atoms with van der Waals surface area (Å²) in [5.74, 6) is 1.80. The monoisotopic (exact) mass is 662 g/mol. The summed E-state index contributed by atoms with van der Waals surface area (Å²) in [4.78, 5) is 3.33. The molecular weight excluding hydrogens is 620 g/mol. The molecule has 0 amide bonds. The average molecular weight is 664 g/mol. The van der Waals surface area contributed by atoms with Crippen molar-refractivity contribution in [3.8, 4) is 22.6 Å².